The number of aromatic nitrogens is 2. The molecule has 2 atom stereocenters. The molecule has 2 unspecified atom stereocenters. The van der Waals surface area contributed by atoms with Crippen molar-refractivity contribution in [3.05, 3.63) is 91.7 Å². The van der Waals surface area contributed by atoms with E-state index in [0.717, 1.165) is 84.5 Å². The molecule has 6 N–H and O–H groups in total. The number of thiophene rings is 2. The summed E-state index contributed by atoms with van der Waals surface area (Å²) in [7, 11) is 0. The lowest BCUT2D eigenvalue weighted by Gasteiger charge is -2.32. The number of aliphatic carboxylic acids is 1. The number of amides is 3. The van der Waals surface area contributed by atoms with E-state index in [1.807, 2.05) is 0 Å². The molecule has 2 aromatic carbocycles. The van der Waals surface area contributed by atoms with Crippen molar-refractivity contribution in [3.8, 4) is 22.5 Å². The zero-order valence-corrected chi connectivity index (χ0v) is 58.5. The highest BCUT2D eigenvalue weighted by Crippen LogP contribution is 2.47. The molecule has 500 valence electrons. The predicted molar refractivity (Wildman–Crippen MR) is 375 cm³/mol. The average molecular weight is 1320 g/mol. The zero-order chi connectivity index (χ0) is 63.9. The fourth-order valence-electron chi connectivity index (χ4n) is 16.5. The Kier molecular flexibility index (Phi) is 21.6. The second-order valence-electron chi connectivity index (χ2n) is 29.5. The number of hydrogen-bond donors (Lipinski definition) is 5. The molecule has 8 aliphatic heterocycles. The van der Waals surface area contributed by atoms with Crippen molar-refractivity contribution in [2.75, 3.05) is 78.8 Å². The first-order chi connectivity index (χ1) is 43.7. The van der Waals surface area contributed by atoms with Crippen LogP contribution in [-0.2, 0) is 52.3 Å². The van der Waals surface area contributed by atoms with E-state index < -0.39 is 16.8 Å². The minimum Gasteiger partial charge on any atom is -0.481 e. The van der Waals surface area contributed by atoms with E-state index in [9.17, 15) is 19.2 Å². The number of aryl methyl sites for hydroxylation is 4. The fourth-order valence-corrected chi connectivity index (χ4v) is 18.9. The van der Waals surface area contributed by atoms with Crippen LogP contribution in [0.4, 0.5) is 0 Å². The maximum atomic E-state index is 14.0. The number of benzene rings is 2. The van der Waals surface area contributed by atoms with Gasteiger partial charge in [0.15, 0.2) is 0 Å². The molecule has 3 amide bonds. The number of likely N-dealkylation sites (tertiary alicyclic amines) is 2. The van der Waals surface area contributed by atoms with Gasteiger partial charge in [0.2, 0.25) is 17.7 Å². The van der Waals surface area contributed by atoms with E-state index in [2.05, 4.69) is 139 Å². The van der Waals surface area contributed by atoms with Gasteiger partial charge in [0, 0.05) is 77.5 Å². The normalized spacial score (nSPS) is 23.7. The van der Waals surface area contributed by atoms with Gasteiger partial charge < -0.3 is 55.2 Å². The molecule has 12 heterocycles. The summed E-state index contributed by atoms with van der Waals surface area (Å²) in [5.41, 5.74) is 17.8. The quantitative estimate of drug-likeness (QED) is 0.0588. The van der Waals surface area contributed by atoms with Crippen LogP contribution >= 0.6 is 35.1 Å². The first kappa shape index (κ1) is 68.3. The van der Waals surface area contributed by atoms with Crippen LogP contribution in [0.3, 0.4) is 0 Å². The highest BCUT2D eigenvalue weighted by Gasteiger charge is 2.49. The molecule has 18 heteroatoms. The number of nitrogens with one attached hydrogen (secondary N) is 3. The second kappa shape index (κ2) is 29.1. The van der Waals surface area contributed by atoms with Crippen molar-refractivity contribution in [1.29, 1.82) is 0 Å². The monoisotopic (exact) mass is 1310 g/mol. The number of hydrogen-bond acceptors (Lipinski definition) is 11. The Morgan fingerprint density at radius 3 is 1.28 bits per heavy atom. The van der Waals surface area contributed by atoms with E-state index in [-0.39, 0.29) is 30.2 Å². The van der Waals surface area contributed by atoms with Crippen LogP contribution in [0.5, 0.6) is 0 Å². The summed E-state index contributed by atoms with van der Waals surface area (Å²) in [6.07, 6.45) is 17.6. The summed E-state index contributed by atoms with van der Waals surface area (Å²) in [4.78, 5) is 72.5. The minimum atomic E-state index is -0.734. The van der Waals surface area contributed by atoms with Gasteiger partial charge in [0.25, 0.3) is 0 Å². The lowest BCUT2D eigenvalue weighted by Crippen LogP contribution is -2.45. The van der Waals surface area contributed by atoms with Gasteiger partial charge in [-0.05, 0) is 261 Å². The largest absolute Gasteiger partial charge is 0.481 e. The Morgan fingerprint density at radius 1 is 0.554 bits per heavy atom. The Balaban J connectivity index is 0.000000168. The van der Waals surface area contributed by atoms with Gasteiger partial charge in [0.1, 0.15) is 9.66 Å². The van der Waals surface area contributed by atoms with Crippen LogP contribution in [0.15, 0.2) is 48.5 Å². The number of H-pyrrole nitrogens is 2. The lowest BCUT2D eigenvalue weighted by atomic mass is 9.88. The summed E-state index contributed by atoms with van der Waals surface area (Å²) in [5, 5.41) is 14.1. The molecule has 15 nitrogen and oxygen atoms in total. The SMILES string of the molecule is Cc1cc(C)cc(-c2[nH]c3sc(C(C)(C)C(=O)N4C5CCC4CC5)cc3c2CCN2CCC(CN)CC2)c1.Cc1cc(C)cc(-c2[nH]c3sc(C(C)(C)C(=O)N4C5CCC4CC5)cc3c2CCN2CCC(CNC(=O)C3CCOC3)CC2)c1.Cl.O=C(O)C1CCOC1. The number of carboxylic acid groups (broad SMARTS) is 1. The van der Waals surface area contributed by atoms with Crippen LogP contribution in [0.25, 0.3) is 42.9 Å². The number of carbonyl (C=O) groups excluding carboxylic acids is 3. The van der Waals surface area contributed by atoms with Crippen LogP contribution < -0.4 is 11.1 Å². The predicted octanol–water partition coefficient (Wildman–Crippen LogP) is 13.0. The molecule has 0 spiro atoms. The van der Waals surface area contributed by atoms with Gasteiger partial charge in [-0.15, -0.1) is 35.1 Å². The molecular weight excluding hydrogens is 1210 g/mol. The fraction of sp³-hybridized carbons (Fsp3) is 0.622. The topological polar surface area (TPSA) is 190 Å². The number of ether oxygens (including phenoxy) is 2. The number of carbonyl (C=O) groups is 4. The molecule has 4 bridgehead atoms. The first-order valence-corrected chi connectivity index (χ1v) is 36.3. The number of aromatic amines is 2. The van der Waals surface area contributed by atoms with Gasteiger partial charge in [-0.1, -0.05) is 34.4 Å². The van der Waals surface area contributed by atoms with E-state index in [0.29, 0.717) is 80.7 Å². The third-order valence-corrected chi connectivity index (χ3v) is 24.9. The maximum Gasteiger partial charge on any atom is 0.308 e. The Hall–Kier alpha value is -5.11. The minimum absolute atomic E-state index is 0. The van der Waals surface area contributed by atoms with E-state index in [1.165, 1.54) is 150 Å². The summed E-state index contributed by atoms with van der Waals surface area (Å²) < 4.78 is 10.2. The number of nitrogens with zero attached hydrogens (tertiary/aromatic N) is 4. The molecule has 8 fully saturated rings. The number of halogens is 1. The number of rotatable bonds is 17. The lowest BCUT2D eigenvalue weighted by molar-refractivity contribution is -0.141. The molecule has 6 aromatic rings. The van der Waals surface area contributed by atoms with Gasteiger partial charge in [0.05, 0.1) is 47.3 Å². The number of fused-ring (bicyclic) bond motifs is 6. The summed E-state index contributed by atoms with van der Waals surface area (Å²) in [6.45, 7) is 27.6. The summed E-state index contributed by atoms with van der Waals surface area (Å²) in [6, 6.07) is 20.2. The number of piperidine rings is 2. The van der Waals surface area contributed by atoms with Crippen molar-refractivity contribution in [3.63, 3.8) is 0 Å². The highest BCUT2D eigenvalue weighted by atomic mass is 35.5. The zero-order valence-electron chi connectivity index (χ0n) is 56.0. The molecule has 4 aromatic heterocycles. The summed E-state index contributed by atoms with van der Waals surface area (Å²) in [5.74, 6) is 1.08. The highest BCUT2D eigenvalue weighted by molar-refractivity contribution is 7.19. The van der Waals surface area contributed by atoms with Crippen LogP contribution in [0.2, 0.25) is 0 Å². The molecule has 8 aliphatic rings. The molecule has 8 saturated heterocycles. The Bertz CT molecular complexity index is 3490. The third kappa shape index (κ3) is 14.7. The van der Waals surface area contributed by atoms with Crippen LogP contribution in [0, 0.1) is 51.4 Å². The number of carboxylic acids is 1. The summed E-state index contributed by atoms with van der Waals surface area (Å²) >= 11 is 3.56. The molecule has 0 aliphatic carbocycles. The van der Waals surface area contributed by atoms with Crippen molar-refractivity contribution >= 4 is 79.2 Å². The van der Waals surface area contributed by atoms with Crippen molar-refractivity contribution in [1.82, 2.24) is 34.9 Å². The molecule has 0 saturated carbocycles. The van der Waals surface area contributed by atoms with Crippen LogP contribution in [-0.4, -0.2) is 161 Å². The smallest absolute Gasteiger partial charge is 0.308 e. The Labute approximate surface area is 560 Å². The molecular formula is C74H103ClN8O7S2. The Morgan fingerprint density at radius 2 is 0.935 bits per heavy atom. The third-order valence-electron chi connectivity index (χ3n) is 22.1. The van der Waals surface area contributed by atoms with Gasteiger partial charge >= 0.3 is 5.97 Å². The first-order valence-electron chi connectivity index (χ1n) is 34.7. The molecule has 92 heavy (non-hydrogen) atoms. The average Bonchev–Trinajstić information content (AvgIpc) is 1.60. The van der Waals surface area contributed by atoms with Crippen molar-refractivity contribution in [2.24, 2.45) is 29.4 Å². The van der Waals surface area contributed by atoms with Crippen molar-refractivity contribution < 1.29 is 33.8 Å². The van der Waals surface area contributed by atoms with E-state index in [4.69, 9.17) is 20.3 Å². The van der Waals surface area contributed by atoms with E-state index in [1.54, 1.807) is 22.7 Å². The van der Waals surface area contributed by atoms with Gasteiger partial charge in [-0.3, -0.25) is 19.2 Å². The van der Waals surface area contributed by atoms with Crippen LogP contribution in [0.1, 0.15) is 161 Å². The number of nitrogens with two attached hydrogens (primary N) is 1. The van der Waals surface area contributed by atoms with Gasteiger partial charge in [-0.2, -0.15) is 0 Å². The molecule has 14 rings (SSSR count). The second-order valence-corrected chi connectivity index (χ2v) is 31.6. The van der Waals surface area contributed by atoms with Crippen molar-refractivity contribution in [2.45, 2.75) is 193 Å². The molecule has 0 radical (unpaired) electrons. The van der Waals surface area contributed by atoms with Gasteiger partial charge in [-0.25, -0.2) is 0 Å². The standard InChI is InChI=1S/C37H50N4O3S.C32H44N4OS.C5H8O3.ClH/c1-23-17-24(2)19-27(18-23)33-30(11-15-40-13-9-25(10-14-40)21-38-34(42)26-12-16-44-22-26)31-20-32(45-35(31)39-33)37(3,4)36(43)41-28-5-6-29(41)8-7-28;1-20-15-21(2)17-23(16-20)29-26(11-14-35-12-9-22(19-33)10-13-35)27-18-28(38-30(27)34-29)32(3,4)31(37)36-24-5-6-25(36)8-7-24;6-5(7)4-1-2-8-3-4;/h17-20,25-26,28-29,39H,5-16,21-22H2,1-4H3,(H,38,42);15-18,22,24-25,34H,5-14,19,33H2,1-4H3;4H,1-3H2,(H,6,7);1H. The maximum absolute atomic E-state index is 14.0. The van der Waals surface area contributed by atoms with E-state index >= 15 is 0 Å².